The van der Waals surface area contributed by atoms with E-state index in [-0.39, 0.29) is 128 Å². The number of aliphatic hydroxyl groups excluding tert-OH is 1. The first-order chi connectivity index (χ1) is 58.3. The van der Waals surface area contributed by atoms with Crippen molar-refractivity contribution in [1.29, 1.82) is 10.8 Å². The van der Waals surface area contributed by atoms with Gasteiger partial charge in [-0.3, -0.25) is 107 Å². The molecule has 0 radical (unpaired) electrons. The zero-order valence-electron chi connectivity index (χ0n) is 70.1. The number of carboxylic acid groups (broad SMARTS) is 4. The van der Waals surface area contributed by atoms with Gasteiger partial charge in [-0.15, -0.1) is 0 Å². The lowest BCUT2D eigenvalue weighted by Crippen LogP contribution is -2.59. The van der Waals surface area contributed by atoms with E-state index < -0.39 is 279 Å². The van der Waals surface area contributed by atoms with Crippen LogP contribution in [0.15, 0.2) is 0 Å². The third kappa shape index (κ3) is 34.3. The third-order valence-electron chi connectivity index (χ3n) is 20.5. The number of nitrogens with one attached hydrogen (secondary N) is 17. The Kier molecular flexibility index (Phi) is 42.9. The highest BCUT2D eigenvalue weighted by molar-refractivity contribution is 6.01. The highest BCUT2D eigenvalue weighted by Gasteiger charge is 2.45. The molecule has 0 spiro atoms. The maximum Gasteiger partial charge on any atom is 0.326 e. The number of guanidine groups is 2. The van der Waals surface area contributed by atoms with Crippen LogP contribution in [0.5, 0.6) is 0 Å². The number of likely N-dealkylation sites (tertiary alicyclic amines) is 4. The lowest BCUT2D eigenvalue weighted by molar-refractivity contribution is -0.146. The van der Waals surface area contributed by atoms with E-state index in [9.17, 15) is 126 Å². The summed E-state index contributed by atoms with van der Waals surface area (Å²) >= 11 is 0. The Morgan fingerprint density at radius 1 is 0.363 bits per heavy atom. The summed E-state index contributed by atoms with van der Waals surface area (Å²) in [6.45, 7) is 5.31. The van der Waals surface area contributed by atoms with Gasteiger partial charge in [0, 0.05) is 58.5 Å². The Balaban J connectivity index is 1.30. The number of nitrogens with zero attached hydrogens (tertiary/aromatic N) is 4. The van der Waals surface area contributed by atoms with Crippen LogP contribution in [0.3, 0.4) is 0 Å². The van der Waals surface area contributed by atoms with E-state index >= 15 is 0 Å². The average Bonchev–Trinajstić information content (AvgIpc) is 1.65. The van der Waals surface area contributed by atoms with Crippen molar-refractivity contribution in [3.63, 3.8) is 0 Å². The van der Waals surface area contributed by atoms with Crippen molar-refractivity contribution in [2.45, 2.75) is 254 Å². The molecule has 4 aliphatic rings. The molecule has 0 aromatic heterocycles. The van der Waals surface area contributed by atoms with Crippen molar-refractivity contribution in [1.82, 2.24) is 99.4 Å². The fourth-order valence-electron chi connectivity index (χ4n) is 13.9. The number of hydrogen-bond acceptors (Lipinski definition) is 25. The zero-order chi connectivity index (χ0) is 92.9. The van der Waals surface area contributed by atoms with E-state index in [1.807, 2.05) is 0 Å². The highest BCUT2D eigenvalue weighted by Crippen LogP contribution is 2.26. The van der Waals surface area contributed by atoms with E-state index in [4.69, 9.17) is 28.0 Å². The van der Waals surface area contributed by atoms with Gasteiger partial charge in [0.05, 0.1) is 32.3 Å². The van der Waals surface area contributed by atoms with Crippen LogP contribution in [-0.2, 0) is 101 Å². The first kappa shape index (κ1) is 104. The molecule has 50 nitrogen and oxygen atoms in total. The van der Waals surface area contributed by atoms with Crippen molar-refractivity contribution in [3.05, 3.63) is 0 Å². The number of nitrogens with two attached hydrogens (primary N) is 3. The van der Waals surface area contributed by atoms with Crippen LogP contribution in [0.1, 0.15) is 164 Å². The van der Waals surface area contributed by atoms with Crippen LogP contribution in [0.4, 0.5) is 0 Å². The first-order valence-corrected chi connectivity index (χ1v) is 40.8. The number of amides is 17. The van der Waals surface area contributed by atoms with Gasteiger partial charge in [0.1, 0.15) is 84.6 Å². The molecule has 0 unspecified atom stereocenters. The summed E-state index contributed by atoms with van der Waals surface area (Å²) in [5, 5.41) is 99.1. The zero-order valence-corrected chi connectivity index (χ0v) is 70.1. The minimum Gasteiger partial charge on any atom is -0.481 e. The van der Waals surface area contributed by atoms with Gasteiger partial charge in [-0.25, -0.2) is 4.79 Å². The molecular weight excluding hydrogens is 1640 g/mol. The predicted molar refractivity (Wildman–Crippen MR) is 431 cm³/mol. The Bertz CT molecular complexity index is 3910. The van der Waals surface area contributed by atoms with Crippen molar-refractivity contribution in [2.75, 3.05) is 65.5 Å². The lowest BCUT2D eigenvalue weighted by Gasteiger charge is -2.33. The average molecular weight is 1760 g/mol. The minimum atomic E-state index is -1.87. The maximum atomic E-state index is 14.5. The van der Waals surface area contributed by atoms with Gasteiger partial charge in [-0.1, -0.05) is 13.8 Å². The molecule has 50 heteroatoms. The highest BCUT2D eigenvalue weighted by atomic mass is 16.4. The molecule has 4 aliphatic heterocycles. The summed E-state index contributed by atoms with van der Waals surface area (Å²) in [5.41, 5.74) is 16.4. The summed E-state index contributed by atoms with van der Waals surface area (Å²) < 4.78 is 0. The van der Waals surface area contributed by atoms with Crippen molar-refractivity contribution in [2.24, 2.45) is 23.1 Å². The molecule has 0 saturated carbocycles. The molecule has 28 N–H and O–H groups in total. The normalized spacial score (nSPS) is 18.6. The second kappa shape index (κ2) is 51.3. The second-order valence-electron chi connectivity index (χ2n) is 30.9. The number of aliphatic carboxylic acids is 4. The van der Waals surface area contributed by atoms with Gasteiger partial charge in [0.2, 0.25) is 100 Å². The minimum absolute atomic E-state index is 0.00703. The fraction of sp³-hybridized carbons (Fsp3) is 0.689. The van der Waals surface area contributed by atoms with Crippen LogP contribution >= 0.6 is 0 Å². The van der Waals surface area contributed by atoms with E-state index in [1.165, 1.54) is 37.5 Å². The Morgan fingerprint density at radius 2 is 0.710 bits per heavy atom. The number of hydrogen-bond donors (Lipinski definition) is 25. The topological polar surface area (TPSA) is 779 Å². The first-order valence-electron chi connectivity index (χ1n) is 40.8. The smallest absolute Gasteiger partial charge is 0.326 e. The fourth-order valence-corrected chi connectivity index (χ4v) is 13.9. The summed E-state index contributed by atoms with van der Waals surface area (Å²) in [4.78, 5) is 282. The SMILES string of the molecule is CC(C)C[C@H](NC(=O)[C@@H]1CCCN1C(=O)[C@H](CCCNC(=N)N)NC(=O)[C@H](C)NC(=O)[C@H](C)NC(=O)CNC(=O)[C@H](CCC(=O)O)NC(=O)[C@H](CO)NC(=O)[C@H](C)NC(=O)[C@@H]1CCCN1C(=O)CNC(=O)CNC(=O)[C@H](CCC(=O)O)NC(=O)[C@@H]1CCCN1C(=O)[C@H](CCC(=O)O)NC(=O)[C@H](C)N)C(=O)N1CCC[C@H]1C(=O)N[C@@H](CCCNC(=N)N)C(=O)O. The van der Waals surface area contributed by atoms with Crippen LogP contribution in [-0.4, -0.2) is 337 Å². The molecule has 0 aliphatic carbocycles. The molecule has 4 saturated heterocycles. The van der Waals surface area contributed by atoms with Crippen molar-refractivity contribution >= 4 is 136 Å². The second-order valence-corrected chi connectivity index (χ2v) is 30.9. The van der Waals surface area contributed by atoms with Gasteiger partial charge in [0.25, 0.3) is 0 Å². The van der Waals surface area contributed by atoms with E-state index in [2.05, 4.69) is 79.8 Å². The number of carboxylic acids is 4. The molecule has 0 aromatic carbocycles. The number of rotatable bonds is 51. The standard InChI is InChI=1S/C74H120N24O26/c1-36(2)31-46(71(122)98-30-12-17-50(98)67(118)92-45(72(123)124)14-8-26-81-74(78)79)93-68(119)51-18-11-28-96(51)69(120)43(13-7-25-80-73(76)77)91-60(111)39(5)86-59(110)38(4)85-53(101)33-84-62(113)41(19-22-55(103)104)88-64(115)47(35-99)94-61(112)40(6)87-65(116)48-15-9-27-95(48)54(102)34-82-52(100)32-83-63(114)42(20-23-56(105)106)89-66(117)49-16-10-29-97(49)70(121)44(21-24-57(107)108)90-58(109)37(3)75/h36-51,99H,7-35,75H2,1-6H3,(H,82,100)(H,83,114)(H,84,113)(H,85,101)(H,86,110)(H,87,116)(H,88,115)(H,89,117)(H,90,109)(H,91,111)(H,92,118)(H,93,119)(H,94,112)(H,103,104)(H,105,106)(H,107,108)(H,123,124)(H4,76,77,80)(H4,78,79,81)/t37-,38-,39-,40-,41-,42-,43-,44-,45-,46-,47-,48-,49-,50-,51-/m0/s1. The summed E-state index contributed by atoms with van der Waals surface area (Å²) in [7, 11) is 0. The maximum absolute atomic E-state index is 14.5. The van der Waals surface area contributed by atoms with Crippen molar-refractivity contribution in [3.8, 4) is 0 Å². The summed E-state index contributed by atoms with van der Waals surface area (Å²) in [6, 6.07) is -20.7. The lowest BCUT2D eigenvalue weighted by atomic mass is 10.0. The quantitative estimate of drug-likeness (QED) is 0.0153. The largest absolute Gasteiger partial charge is 0.481 e. The molecule has 0 bridgehead atoms. The molecule has 17 amide bonds. The summed E-state index contributed by atoms with van der Waals surface area (Å²) in [5.74, 6) is -21.6. The number of aliphatic hydroxyl groups is 1. The van der Waals surface area contributed by atoms with E-state index in [0.717, 1.165) is 9.80 Å². The van der Waals surface area contributed by atoms with E-state index in [0.29, 0.717) is 12.8 Å². The van der Waals surface area contributed by atoms with Crippen LogP contribution in [0.25, 0.3) is 0 Å². The third-order valence-corrected chi connectivity index (χ3v) is 20.5. The molecule has 0 aromatic rings. The predicted octanol–water partition coefficient (Wildman–Crippen LogP) is -10.2. The molecule has 4 rings (SSSR count). The van der Waals surface area contributed by atoms with Gasteiger partial charge in [-0.05, 0) is 136 Å². The molecule has 15 atom stereocenters. The van der Waals surface area contributed by atoms with Gasteiger partial charge >= 0.3 is 23.9 Å². The molecule has 692 valence electrons. The van der Waals surface area contributed by atoms with Gasteiger partial charge in [0.15, 0.2) is 11.9 Å². The Labute approximate surface area is 712 Å². The molecular formula is C74H120N24O26. The number of carbonyl (C=O) groups excluding carboxylic acids is 17. The van der Waals surface area contributed by atoms with Gasteiger partial charge in [-0.2, -0.15) is 0 Å². The van der Waals surface area contributed by atoms with Crippen LogP contribution < -0.4 is 97.0 Å². The molecule has 4 fully saturated rings. The van der Waals surface area contributed by atoms with Crippen LogP contribution in [0, 0.1) is 16.7 Å². The Hall–Kier alpha value is -12.7. The van der Waals surface area contributed by atoms with Crippen molar-refractivity contribution < 1.29 is 126 Å². The van der Waals surface area contributed by atoms with E-state index in [1.54, 1.807) is 13.8 Å². The van der Waals surface area contributed by atoms with Crippen LogP contribution in [0.2, 0.25) is 0 Å². The molecule has 124 heavy (non-hydrogen) atoms. The number of carbonyl (C=O) groups is 21. The molecule has 4 heterocycles. The van der Waals surface area contributed by atoms with Gasteiger partial charge < -0.3 is 142 Å². The summed E-state index contributed by atoms with van der Waals surface area (Å²) in [6.07, 6.45) is -1.37. The Morgan fingerprint density at radius 3 is 1.15 bits per heavy atom. The monoisotopic (exact) mass is 1760 g/mol.